The molecule has 3 aromatic rings. The van der Waals surface area contributed by atoms with Gasteiger partial charge in [0.05, 0.1) is 5.02 Å². The standard InChI is InChI=1S/C24H20ClFN4O2/c1-30-22(31)24(29-23(30)27)11-19(8-14-3-2-4-18(26)7-14)32-21-6-5-15(10-20(21)24)16-9-17(25)13-28-12-16/h2-7,9-10,12-13,19H,8,11H2,1H3,(H2,27,29)/t19-,24?/m1/s1. The van der Waals surface area contributed by atoms with Gasteiger partial charge < -0.3 is 10.5 Å². The quantitative estimate of drug-likeness (QED) is 0.655. The minimum absolute atomic E-state index is 0.155. The van der Waals surface area contributed by atoms with Crippen LogP contribution in [0, 0.1) is 5.82 Å². The van der Waals surface area contributed by atoms with Crippen molar-refractivity contribution >= 4 is 23.5 Å². The van der Waals surface area contributed by atoms with Crippen LogP contribution >= 0.6 is 11.6 Å². The Kier molecular flexibility index (Phi) is 4.86. The number of carbonyl (C=O) groups is 1. The summed E-state index contributed by atoms with van der Waals surface area (Å²) in [6.07, 6.45) is 3.61. The molecule has 1 aromatic heterocycles. The first-order valence-electron chi connectivity index (χ1n) is 10.2. The van der Waals surface area contributed by atoms with Crippen LogP contribution in [0.4, 0.5) is 4.39 Å². The van der Waals surface area contributed by atoms with E-state index in [1.54, 1.807) is 31.6 Å². The third kappa shape index (κ3) is 3.39. The zero-order valence-corrected chi connectivity index (χ0v) is 18.0. The molecule has 3 heterocycles. The molecule has 0 radical (unpaired) electrons. The van der Waals surface area contributed by atoms with E-state index in [-0.39, 0.29) is 30.2 Å². The van der Waals surface area contributed by atoms with Crippen molar-refractivity contribution in [2.75, 3.05) is 7.05 Å². The minimum Gasteiger partial charge on any atom is -0.490 e. The maximum atomic E-state index is 13.7. The number of rotatable bonds is 3. The number of hydrogen-bond acceptors (Lipinski definition) is 5. The predicted molar refractivity (Wildman–Crippen MR) is 120 cm³/mol. The number of aliphatic imine (C=N–C) groups is 1. The first kappa shape index (κ1) is 20.5. The number of guanidine groups is 1. The van der Waals surface area contributed by atoms with Crippen molar-refractivity contribution in [3.8, 4) is 16.9 Å². The zero-order chi connectivity index (χ0) is 22.5. The number of ether oxygens (including phenoxy) is 1. The maximum Gasteiger partial charge on any atom is 0.261 e. The number of carbonyl (C=O) groups excluding carboxylic acids is 1. The Morgan fingerprint density at radius 1 is 1.22 bits per heavy atom. The van der Waals surface area contributed by atoms with Gasteiger partial charge in [-0.2, -0.15) is 0 Å². The lowest BCUT2D eigenvalue weighted by atomic mass is 9.79. The Balaban J connectivity index is 1.60. The molecule has 0 aliphatic carbocycles. The van der Waals surface area contributed by atoms with Crippen LogP contribution in [-0.2, 0) is 16.8 Å². The molecule has 2 N–H and O–H groups in total. The van der Waals surface area contributed by atoms with Crippen molar-refractivity contribution in [1.82, 2.24) is 9.88 Å². The molecule has 2 aliphatic heterocycles. The van der Waals surface area contributed by atoms with Gasteiger partial charge in [-0.1, -0.05) is 29.8 Å². The van der Waals surface area contributed by atoms with Crippen LogP contribution in [0.2, 0.25) is 5.02 Å². The fraction of sp³-hybridized carbons (Fsp3) is 0.208. The van der Waals surface area contributed by atoms with Gasteiger partial charge in [-0.3, -0.25) is 14.7 Å². The van der Waals surface area contributed by atoms with Crippen LogP contribution in [0.3, 0.4) is 0 Å². The van der Waals surface area contributed by atoms with Crippen LogP contribution in [-0.4, -0.2) is 34.9 Å². The first-order valence-corrected chi connectivity index (χ1v) is 10.5. The monoisotopic (exact) mass is 450 g/mol. The van der Waals surface area contributed by atoms with E-state index in [1.165, 1.54) is 17.0 Å². The van der Waals surface area contributed by atoms with Crippen LogP contribution in [0.15, 0.2) is 65.9 Å². The van der Waals surface area contributed by atoms with Crippen molar-refractivity contribution in [3.05, 3.63) is 82.9 Å². The summed E-state index contributed by atoms with van der Waals surface area (Å²) >= 11 is 6.11. The van der Waals surface area contributed by atoms with E-state index in [0.717, 1.165) is 16.7 Å². The number of nitrogens with two attached hydrogens (primary N) is 1. The second-order valence-electron chi connectivity index (χ2n) is 8.08. The number of benzene rings is 2. The lowest BCUT2D eigenvalue weighted by Gasteiger charge is -2.37. The molecule has 1 unspecified atom stereocenters. The number of fused-ring (bicyclic) bond motifs is 2. The van der Waals surface area contributed by atoms with Crippen molar-refractivity contribution < 1.29 is 13.9 Å². The lowest BCUT2D eigenvalue weighted by molar-refractivity contribution is -0.132. The van der Waals surface area contributed by atoms with Crippen molar-refractivity contribution in [2.24, 2.45) is 10.7 Å². The predicted octanol–water partition coefficient (Wildman–Crippen LogP) is 3.92. The number of halogens is 2. The normalized spacial score (nSPS) is 22.0. The van der Waals surface area contributed by atoms with Gasteiger partial charge in [0.25, 0.3) is 5.91 Å². The third-order valence-electron chi connectivity index (χ3n) is 5.94. The number of nitrogens with zero attached hydrogens (tertiary/aromatic N) is 3. The number of aromatic nitrogens is 1. The van der Waals surface area contributed by atoms with E-state index in [9.17, 15) is 9.18 Å². The first-order chi connectivity index (χ1) is 15.4. The van der Waals surface area contributed by atoms with E-state index >= 15 is 0 Å². The molecule has 2 atom stereocenters. The van der Waals surface area contributed by atoms with Crippen LogP contribution in [0.25, 0.3) is 11.1 Å². The summed E-state index contributed by atoms with van der Waals surface area (Å²) in [6, 6.07) is 13.8. The number of likely N-dealkylation sites (N-methyl/N-ethyl adjacent to an activating group) is 1. The molecule has 1 amide bonds. The number of pyridine rings is 1. The van der Waals surface area contributed by atoms with Crippen LogP contribution in [0.5, 0.6) is 5.75 Å². The van der Waals surface area contributed by atoms with Gasteiger partial charge in [-0.05, 0) is 41.5 Å². The van der Waals surface area contributed by atoms with E-state index < -0.39 is 5.54 Å². The molecule has 0 saturated heterocycles. The second kappa shape index (κ2) is 7.60. The fourth-order valence-electron chi connectivity index (χ4n) is 4.41. The number of hydrogen-bond donors (Lipinski definition) is 1. The highest BCUT2D eigenvalue weighted by Gasteiger charge is 2.53. The number of amides is 1. The summed E-state index contributed by atoms with van der Waals surface area (Å²) in [5.74, 6) is 0.177. The topological polar surface area (TPSA) is 80.8 Å². The minimum atomic E-state index is -1.20. The zero-order valence-electron chi connectivity index (χ0n) is 17.3. The van der Waals surface area contributed by atoms with E-state index in [2.05, 4.69) is 9.98 Å². The van der Waals surface area contributed by atoms with Crippen LogP contribution < -0.4 is 10.5 Å². The molecular formula is C24H20ClFN4O2. The highest BCUT2D eigenvalue weighted by molar-refractivity contribution is 6.30. The molecule has 2 aliphatic rings. The molecule has 5 rings (SSSR count). The Morgan fingerprint density at radius 2 is 2.06 bits per heavy atom. The van der Waals surface area contributed by atoms with Gasteiger partial charge in [0.15, 0.2) is 11.5 Å². The Morgan fingerprint density at radius 3 is 2.78 bits per heavy atom. The smallest absolute Gasteiger partial charge is 0.261 e. The molecule has 1 spiro atoms. The van der Waals surface area contributed by atoms with Gasteiger partial charge in [0, 0.05) is 43.4 Å². The van der Waals surface area contributed by atoms with Crippen molar-refractivity contribution in [1.29, 1.82) is 0 Å². The summed E-state index contributed by atoms with van der Waals surface area (Å²) in [7, 11) is 1.61. The summed E-state index contributed by atoms with van der Waals surface area (Å²) < 4.78 is 19.9. The van der Waals surface area contributed by atoms with Crippen molar-refractivity contribution in [3.63, 3.8) is 0 Å². The van der Waals surface area contributed by atoms with Crippen molar-refractivity contribution in [2.45, 2.75) is 24.5 Å². The van der Waals surface area contributed by atoms with Gasteiger partial charge in [-0.25, -0.2) is 9.38 Å². The summed E-state index contributed by atoms with van der Waals surface area (Å²) in [5, 5.41) is 0.514. The van der Waals surface area contributed by atoms with Crippen LogP contribution in [0.1, 0.15) is 17.5 Å². The Hall–Kier alpha value is -3.45. The largest absolute Gasteiger partial charge is 0.490 e. The molecule has 2 aromatic carbocycles. The van der Waals surface area contributed by atoms with Gasteiger partial charge in [0.2, 0.25) is 0 Å². The average molecular weight is 451 g/mol. The summed E-state index contributed by atoms with van der Waals surface area (Å²) in [4.78, 5) is 23.5. The summed E-state index contributed by atoms with van der Waals surface area (Å²) in [5.41, 5.74) is 7.93. The highest BCUT2D eigenvalue weighted by Crippen LogP contribution is 2.47. The fourth-order valence-corrected chi connectivity index (χ4v) is 4.59. The lowest BCUT2D eigenvalue weighted by Crippen LogP contribution is -2.46. The molecule has 162 valence electrons. The average Bonchev–Trinajstić information content (AvgIpc) is 2.97. The molecule has 0 fully saturated rings. The molecule has 32 heavy (non-hydrogen) atoms. The maximum absolute atomic E-state index is 13.7. The molecule has 0 saturated carbocycles. The molecular weight excluding hydrogens is 431 g/mol. The Bertz CT molecular complexity index is 1260. The molecule has 8 heteroatoms. The van der Waals surface area contributed by atoms with E-state index in [1.807, 2.05) is 24.3 Å². The SMILES string of the molecule is CN1C(=O)C2(C[C@@H](Cc3cccc(F)c3)Oc3ccc(-c4cncc(Cl)c4)cc32)N=C1N. The third-order valence-corrected chi connectivity index (χ3v) is 6.15. The van der Waals surface area contributed by atoms with E-state index in [0.29, 0.717) is 22.8 Å². The summed E-state index contributed by atoms with van der Waals surface area (Å²) in [6.45, 7) is 0. The second-order valence-corrected chi connectivity index (χ2v) is 8.51. The van der Waals surface area contributed by atoms with Gasteiger partial charge in [-0.15, -0.1) is 0 Å². The highest BCUT2D eigenvalue weighted by atomic mass is 35.5. The van der Waals surface area contributed by atoms with Gasteiger partial charge >= 0.3 is 0 Å². The Labute approximate surface area is 189 Å². The van der Waals surface area contributed by atoms with Gasteiger partial charge in [0.1, 0.15) is 17.7 Å². The molecule has 6 nitrogen and oxygen atoms in total. The molecule has 0 bridgehead atoms. The van der Waals surface area contributed by atoms with E-state index in [4.69, 9.17) is 22.1 Å².